The summed E-state index contributed by atoms with van der Waals surface area (Å²) in [6.45, 7) is 1.69. The van der Waals surface area contributed by atoms with Gasteiger partial charge in [0, 0.05) is 6.07 Å². The van der Waals surface area contributed by atoms with Crippen LogP contribution in [0.1, 0.15) is 18.1 Å². The highest BCUT2D eigenvalue weighted by Crippen LogP contribution is 2.30. The Bertz CT molecular complexity index is 1360. The van der Waals surface area contributed by atoms with Crippen molar-refractivity contribution in [3.05, 3.63) is 88.0 Å². The third-order valence-corrected chi connectivity index (χ3v) is 5.97. The zero-order valence-corrected chi connectivity index (χ0v) is 18.5. The first-order valence-corrected chi connectivity index (χ1v) is 11.0. The van der Waals surface area contributed by atoms with Crippen LogP contribution in [0.25, 0.3) is 0 Å². The van der Waals surface area contributed by atoms with Gasteiger partial charge < -0.3 is 4.74 Å². The van der Waals surface area contributed by atoms with Crippen LogP contribution in [0.15, 0.2) is 76.7 Å². The number of ether oxygens (including phenoxy) is 1. The monoisotopic (exact) mass is 465 g/mol. The summed E-state index contributed by atoms with van der Waals surface area (Å²) < 4.78 is 33.1. The molecule has 0 aliphatic heterocycles. The highest BCUT2D eigenvalue weighted by atomic mass is 32.2. The maximum Gasteiger partial charge on any atom is 0.295 e. The molecule has 0 radical (unpaired) electrons. The number of rotatable bonds is 8. The standard InChI is InChI=1S/C22H19N5O5S/c1-15(17-9-7-16(14-23)8-10-17)24-25-19-12-11-18(13-21(19)27(28)29)33(30,31)26-20-5-3-4-6-22(20)32-2/h3-13,25-26H,1-2H3. The molecule has 0 bridgehead atoms. The number of nitro groups is 1. The fraction of sp³-hybridized carbons (Fsp3) is 0.0909. The Labute approximate surface area is 190 Å². The molecule has 10 nitrogen and oxygen atoms in total. The Kier molecular flexibility index (Phi) is 6.90. The second kappa shape index (κ2) is 9.80. The third kappa shape index (κ3) is 5.44. The van der Waals surface area contributed by atoms with E-state index in [2.05, 4.69) is 15.2 Å². The Balaban J connectivity index is 1.88. The van der Waals surface area contributed by atoms with Gasteiger partial charge in [0.1, 0.15) is 11.4 Å². The number of nitrogens with zero attached hydrogens (tertiary/aromatic N) is 3. The van der Waals surface area contributed by atoms with Gasteiger partial charge in [0.25, 0.3) is 15.7 Å². The predicted octanol–water partition coefficient (Wildman–Crippen LogP) is 4.11. The molecule has 168 valence electrons. The molecule has 3 aromatic carbocycles. The van der Waals surface area contributed by atoms with Crippen LogP contribution in [0, 0.1) is 21.4 Å². The van der Waals surface area contributed by atoms with Crippen LogP contribution in [0.5, 0.6) is 5.75 Å². The van der Waals surface area contributed by atoms with Gasteiger partial charge in [-0.1, -0.05) is 24.3 Å². The summed E-state index contributed by atoms with van der Waals surface area (Å²) >= 11 is 0. The van der Waals surface area contributed by atoms with Crippen molar-refractivity contribution in [1.82, 2.24) is 0 Å². The van der Waals surface area contributed by atoms with Crippen molar-refractivity contribution in [2.75, 3.05) is 17.3 Å². The molecule has 0 spiro atoms. The van der Waals surface area contributed by atoms with E-state index >= 15 is 0 Å². The molecule has 3 rings (SSSR count). The number of sulfonamides is 1. The van der Waals surface area contributed by atoms with Crippen molar-refractivity contribution >= 4 is 32.8 Å². The van der Waals surface area contributed by atoms with Gasteiger partial charge in [-0.25, -0.2) is 8.42 Å². The third-order valence-electron chi connectivity index (χ3n) is 4.60. The molecule has 33 heavy (non-hydrogen) atoms. The lowest BCUT2D eigenvalue weighted by molar-refractivity contribution is -0.384. The SMILES string of the molecule is COc1ccccc1NS(=O)(=O)c1ccc(NN=C(C)c2ccc(C#N)cc2)c([N+](=O)[O-])c1. The average molecular weight is 465 g/mol. The van der Waals surface area contributed by atoms with Gasteiger partial charge in [0.05, 0.1) is 40.0 Å². The molecule has 0 amide bonds. The lowest BCUT2D eigenvalue weighted by Crippen LogP contribution is -2.14. The zero-order valence-electron chi connectivity index (χ0n) is 17.6. The van der Waals surface area contributed by atoms with E-state index in [4.69, 9.17) is 10.00 Å². The number of hydrazone groups is 1. The van der Waals surface area contributed by atoms with Crippen molar-refractivity contribution in [2.45, 2.75) is 11.8 Å². The van der Waals surface area contributed by atoms with Crippen LogP contribution >= 0.6 is 0 Å². The number of para-hydroxylation sites is 2. The number of nitriles is 1. The van der Waals surface area contributed by atoms with Gasteiger partial charge in [0.2, 0.25) is 0 Å². The van der Waals surface area contributed by atoms with E-state index in [1.807, 2.05) is 6.07 Å². The van der Waals surface area contributed by atoms with Crippen molar-refractivity contribution < 1.29 is 18.1 Å². The van der Waals surface area contributed by atoms with Gasteiger partial charge >= 0.3 is 0 Å². The zero-order chi connectivity index (χ0) is 24.0. The molecule has 2 N–H and O–H groups in total. The normalized spacial score (nSPS) is 11.4. The molecular formula is C22H19N5O5S. The number of methoxy groups -OCH3 is 1. The average Bonchev–Trinajstić information content (AvgIpc) is 2.82. The fourth-order valence-electron chi connectivity index (χ4n) is 2.85. The van der Waals surface area contributed by atoms with Crippen LogP contribution in [0.3, 0.4) is 0 Å². The Morgan fingerprint density at radius 1 is 1.09 bits per heavy atom. The highest BCUT2D eigenvalue weighted by Gasteiger charge is 2.22. The molecule has 0 saturated carbocycles. The first kappa shape index (κ1) is 23.2. The first-order valence-electron chi connectivity index (χ1n) is 9.50. The minimum atomic E-state index is -4.12. The molecule has 0 aromatic heterocycles. The van der Waals surface area contributed by atoms with Crippen molar-refractivity contribution in [1.29, 1.82) is 5.26 Å². The Morgan fingerprint density at radius 2 is 1.79 bits per heavy atom. The van der Waals surface area contributed by atoms with Crippen molar-refractivity contribution in [3.8, 4) is 11.8 Å². The van der Waals surface area contributed by atoms with Crippen LogP contribution in [0.4, 0.5) is 17.1 Å². The lowest BCUT2D eigenvalue weighted by Gasteiger charge is -2.12. The van der Waals surface area contributed by atoms with Gasteiger partial charge in [0.15, 0.2) is 0 Å². The summed E-state index contributed by atoms with van der Waals surface area (Å²) in [5.41, 5.74) is 4.09. The summed E-state index contributed by atoms with van der Waals surface area (Å²) in [5, 5.41) is 24.6. The van der Waals surface area contributed by atoms with E-state index in [0.717, 1.165) is 6.07 Å². The Hall–Kier alpha value is -4.43. The second-order valence-electron chi connectivity index (χ2n) is 6.74. The number of hydrogen-bond donors (Lipinski definition) is 2. The maximum atomic E-state index is 12.8. The van der Waals surface area contributed by atoms with E-state index in [0.29, 0.717) is 22.6 Å². The van der Waals surface area contributed by atoms with E-state index < -0.39 is 20.6 Å². The van der Waals surface area contributed by atoms with Gasteiger partial charge in [-0.15, -0.1) is 0 Å². The van der Waals surface area contributed by atoms with E-state index in [1.54, 1.807) is 49.4 Å². The summed E-state index contributed by atoms with van der Waals surface area (Å²) in [4.78, 5) is 10.6. The number of benzene rings is 3. The highest BCUT2D eigenvalue weighted by molar-refractivity contribution is 7.92. The van der Waals surface area contributed by atoms with E-state index in [1.165, 1.54) is 25.3 Å². The fourth-order valence-corrected chi connectivity index (χ4v) is 3.94. The summed E-state index contributed by atoms with van der Waals surface area (Å²) in [6, 6.07) is 18.5. The molecule has 0 atom stereocenters. The van der Waals surface area contributed by atoms with E-state index in [-0.39, 0.29) is 16.3 Å². The topological polar surface area (TPSA) is 147 Å². The van der Waals surface area contributed by atoms with E-state index in [9.17, 15) is 18.5 Å². The molecule has 0 aliphatic carbocycles. The number of nitro benzene ring substituents is 1. The molecule has 3 aromatic rings. The van der Waals surface area contributed by atoms with Crippen molar-refractivity contribution in [2.24, 2.45) is 5.10 Å². The second-order valence-corrected chi connectivity index (χ2v) is 8.42. The minimum absolute atomic E-state index is 0.0178. The molecule has 0 fully saturated rings. The smallest absolute Gasteiger partial charge is 0.295 e. The molecule has 0 aliphatic rings. The number of anilines is 2. The van der Waals surface area contributed by atoms with Gasteiger partial charge in [-0.3, -0.25) is 20.3 Å². The minimum Gasteiger partial charge on any atom is -0.495 e. The van der Waals surface area contributed by atoms with Gasteiger partial charge in [-0.05, 0) is 48.9 Å². The van der Waals surface area contributed by atoms with Gasteiger partial charge in [-0.2, -0.15) is 10.4 Å². The quantitative estimate of drug-likeness (QED) is 0.289. The van der Waals surface area contributed by atoms with Crippen LogP contribution in [0.2, 0.25) is 0 Å². The van der Waals surface area contributed by atoms with Crippen molar-refractivity contribution in [3.63, 3.8) is 0 Å². The largest absolute Gasteiger partial charge is 0.495 e. The lowest BCUT2D eigenvalue weighted by atomic mass is 10.1. The summed E-state index contributed by atoms with van der Waals surface area (Å²) in [5.74, 6) is 0.307. The molecular weight excluding hydrogens is 446 g/mol. The van der Waals surface area contributed by atoms with Crippen LogP contribution < -0.4 is 14.9 Å². The number of hydrogen-bond acceptors (Lipinski definition) is 8. The molecule has 0 unspecified atom stereocenters. The number of nitrogens with one attached hydrogen (secondary N) is 2. The molecule has 0 heterocycles. The summed E-state index contributed by atoms with van der Waals surface area (Å²) in [6.07, 6.45) is 0. The predicted molar refractivity (Wildman–Crippen MR) is 124 cm³/mol. The van der Waals surface area contributed by atoms with Crippen LogP contribution in [-0.2, 0) is 10.0 Å². The summed E-state index contributed by atoms with van der Waals surface area (Å²) in [7, 11) is -2.72. The Morgan fingerprint density at radius 3 is 2.42 bits per heavy atom. The maximum absolute atomic E-state index is 12.8. The van der Waals surface area contributed by atoms with Crippen LogP contribution in [-0.4, -0.2) is 26.2 Å². The molecule has 0 saturated heterocycles. The first-order chi connectivity index (χ1) is 15.7. The molecule has 11 heteroatoms.